The van der Waals surface area contributed by atoms with Crippen LogP contribution in [0.4, 0.5) is 4.39 Å². The molecule has 0 nitrogen and oxygen atoms in total. The van der Waals surface area contributed by atoms with Gasteiger partial charge in [-0.3, -0.25) is 0 Å². The Morgan fingerprint density at radius 3 is 2.65 bits per heavy atom. The summed E-state index contributed by atoms with van der Waals surface area (Å²) in [6.07, 6.45) is 13.9. The maximum atomic E-state index is 14.2. The third-order valence-electron chi connectivity index (χ3n) is 3.50. The van der Waals surface area contributed by atoms with E-state index in [9.17, 15) is 4.39 Å². The van der Waals surface area contributed by atoms with Crippen molar-refractivity contribution in [3.05, 3.63) is 71.7 Å². The standard InChI is InChI=1S/C19H25F/c1-6-8-16(9-7-2)17-11-10-15(5)19(14(3)4)13-18(20)12-17/h6-9,11-15H,1,10H2,2-5H3/b9-7-,16-8+,17-11?,18-12?,19-13-. The van der Waals surface area contributed by atoms with Crippen LogP contribution in [0.2, 0.25) is 0 Å². The van der Waals surface area contributed by atoms with Gasteiger partial charge in [-0.25, -0.2) is 4.39 Å². The van der Waals surface area contributed by atoms with Crippen LogP contribution in [-0.4, -0.2) is 0 Å². The molecule has 1 rings (SSSR count). The van der Waals surface area contributed by atoms with Crippen molar-refractivity contribution >= 4 is 0 Å². The zero-order chi connectivity index (χ0) is 15.1. The van der Waals surface area contributed by atoms with Gasteiger partial charge in [0.2, 0.25) is 0 Å². The van der Waals surface area contributed by atoms with Gasteiger partial charge in [0.05, 0.1) is 0 Å². The van der Waals surface area contributed by atoms with Crippen molar-refractivity contribution in [2.75, 3.05) is 0 Å². The lowest BCUT2D eigenvalue weighted by molar-refractivity contribution is 0.573. The van der Waals surface area contributed by atoms with Crippen molar-refractivity contribution in [2.24, 2.45) is 11.8 Å². The van der Waals surface area contributed by atoms with Crippen LogP contribution in [0, 0.1) is 11.8 Å². The quantitative estimate of drug-likeness (QED) is 0.544. The monoisotopic (exact) mass is 272 g/mol. The fourth-order valence-corrected chi connectivity index (χ4v) is 2.48. The molecule has 20 heavy (non-hydrogen) atoms. The lowest BCUT2D eigenvalue weighted by Crippen LogP contribution is -2.07. The van der Waals surface area contributed by atoms with Crippen LogP contribution >= 0.6 is 0 Å². The van der Waals surface area contributed by atoms with Gasteiger partial charge in [0.25, 0.3) is 0 Å². The molecule has 0 radical (unpaired) electrons. The molecular formula is C19H25F. The highest BCUT2D eigenvalue weighted by Crippen LogP contribution is 2.29. The Bertz CT molecular complexity index is 496. The van der Waals surface area contributed by atoms with E-state index < -0.39 is 0 Å². The zero-order valence-electron chi connectivity index (χ0n) is 13.0. The van der Waals surface area contributed by atoms with Crippen molar-refractivity contribution in [3.8, 4) is 0 Å². The Kier molecular flexibility index (Phi) is 6.44. The molecule has 0 aliphatic heterocycles. The maximum Gasteiger partial charge on any atom is 0.123 e. The molecule has 1 aliphatic rings. The predicted molar refractivity (Wildman–Crippen MR) is 87.1 cm³/mol. The SMILES string of the molecule is C=C/C=C(\C=C/C)C1=CCC(C)/C(C(C)C)=C\C(F)=C1. The van der Waals surface area contributed by atoms with Crippen LogP contribution < -0.4 is 0 Å². The summed E-state index contributed by atoms with van der Waals surface area (Å²) in [5.74, 6) is 0.559. The predicted octanol–water partition coefficient (Wildman–Crippen LogP) is 6.08. The molecule has 0 saturated heterocycles. The molecule has 0 bridgehead atoms. The molecule has 0 aromatic rings. The van der Waals surface area contributed by atoms with Crippen LogP contribution in [0.3, 0.4) is 0 Å². The summed E-state index contributed by atoms with van der Waals surface area (Å²) in [5, 5.41) is 0. The molecule has 1 atom stereocenters. The number of halogens is 1. The highest BCUT2D eigenvalue weighted by Gasteiger charge is 2.15. The Labute approximate surface area is 122 Å². The Morgan fingerprint density at radius 1 is 1.40 bits per heavy atom. The maximum absolute atomic E-state index is 14.2. The van der Waals surface area contributed by atoms with Gasteiger partial charge >= 0.3 is 0 Å². The molecule has 1 heteroatoms. The second-order valence-electron chi connectivity index (χ2n) is 5.48. The van der Waals surface area contributed by atoms with E-state index in [4.69, 9.17) is 0 Å². The van der Waals surface area contributed by atoms with Crippen molar-refractivity contribution in [1.29, 1.82) is 0 Å². The van der Waals surface area contributed by atoms with Crippen LogP contribution in [0.1, 0.15) is 34.1 Å². The second kappa shape index (κ2) is 7.84. The topological polar surface area (TPSA) is 0 Å². The molecule has 0 N–H and O–H groups in total. The lowest BCUT2D eigenvalue weighted by atomic mass is 9.86. The van der Waals surface area contributed by atoms with Gasteiger partial charge in [-0.05, 0) is 48.5 Å². The van der Waals surface area contributed by atoms with Crippen LogP contribution in [0.25, 0.3) is 0 Å². The van der Waals surface area contributed by atoms with Crippen molar-refractivity contribution in [1.82, 2.24) is 0 Å². The van der Waals surface area contributed by atoms with E-state index in [0.29, 0.717) is 11.8 Å². The van der Waals surface area contributed by atoms with Gasteiger partial charge in [-0.15, -0.1) is 0 Å². The summed E-state index contributed by atoms with van der Waals surface area (Å²) in [6, 6.07) is 0. The lowest BCUT2D eigenvalue weighted by Gasteiger charge is -2.20. The van der Waals surface area contributed by atoms with Gasteiger partial charge in [0.15, 0.2) is 0 Å². The van der Waals surface area contributed by atoms with E-state index in [1.165, 1.54) is 5.57 Å². The van der Waals surface area contributed by atoms with Gasteiger partial charge < -0.3 is 0 Å². The number of rotatable bonds is 4. The highest BCUT2D eigenvalue weighted by atomic mass is 19.1. The van der Waals surface area contributed by atoms with Gasteiger partial charge in [-0.1, -0.05) is 63.3 Å². The van der Waals surface area contributed by atoms with E-state index in [1.54, 1.807) is 18.2 Å². The molecule has 0 aromatic heterocycles. The normalized spacial score (nSPS) is 23.8. The summed E-state index contributed by atoms with van der Waals surface area (Å²) in [7, 11) is 0. The Hall–Kier alpha value is -1.63. The number of hydrogen-bond donors (Lipinski definition) is 0. The molecule has 0 saturated carbocycles. The fourth-order valence-electron chi connectivity index (χ4n) is 2.48. The van der Waals surface area contributed by atoms with E-state index in [-0.39, 0.29) is 5.83 Å². The Balaban J connectivity index is 3.23. The van der Waals surface area contributed by atoms with Crippen molar-refractivity contribution in [3.63, 3.8) is 0 Å². The summed E-state index contributed by atoms with van der Waals surface area (Å²) < 4.78 is 14.2. The smallest absolute Gasteiger partial charge is 0.123 e. The second-order valence-corrected chi connectivity index (χ2v) is 5.48. The van der Waals surface area contributed by atoms with E-state index in [2.05, 4.69) is 33.4 Å². The first-order chi connectivity index (χ1) is 9.49. The molecule has 0 spiro atoms. The van der Waals surface area contributed by atoms with Crippen LogP contribution in [-0.2, 0) is 0 Å². The summed E-state index contributed by atoms with van der Waals surface area (Å²) >= 11 is 0. The van der Waals surface area contributed by atoms with Crippen LogP contribution in [0.15, 0.2) is 71.7 Å². The third-order valence-corrected chi connectivity index (χ3v) is 3.50. The molecule has 1 unspecified atom stereocenters. The molecule has 0 heterocycles. The molecule has 1 aliphatic carbocycles. The third kappa shape index (κ3) is 4.48. The number of allylic oxidation sites excluding steroid dienone is 11. The first-order valence-corrected chi connectivity index (χ1v) is 7.24. The van der Waals surface area contributed by atoms with Gasteiger partial charge in [0, 0.05) is 0 Å². The average molecular weight is 272 g/mol. The minimum absolute atomic E-state index is 0.175. The molecule has 108 valence electrons. The fraction of sp³-hybridized carbons (Fsp3) is 0.368. The van der Waals surface area contributed by atoms with Crippen molar-refractivity contribution in [2.45, 2.75) is 34.1 Å². The minimum atomic E-state index is -0.175. The first-order valence-electron chi connectivity index (χ1n) is 7.24. The van der Waals surface area contributed by atoms with Crippen molar-refractivity contribution < 1.29 is 4.39 Å². The first kappa shape index (κ1) is 16.4. The van der Waals surface area contributed by atoms with E-state index >= 15 is 0 Å². The Morgan fingerprint density at radius 2 is 2.10 bits per heavy atom. The van der Waals surface area contributed by atoms with Gasteiger partial charge in [0.1, 0.15) is 5.83 Å². The molecule has 0 fully saturated rings. The molecule has 0 amide bonds. The average Bonchev–Trinajstić information content (AvgIpc) is 2.38. The number of hydrogen-bond acceptors (Lipinski definition) is 0. The summed E-state index contributed by atoms with van der Waals surface area (Å²) in [6.45, 7) is 12.1. The highest BCUT2D eigenvalue weighted by molar-refractivity contribution is 5.50. The van der Waals surface area contributed by atoms with E-state index in [0.717, 1.165) is 17.6 Å². The summed E-state index contributed by atoms with van der Waals surface area (Å²) in [4.78, 5) is 0. The largest absolute Gasteiger partial charge is 0.207 e. The molecule has 0 aromatic carbocycles. The summed E-state index contributed by atoms with van der Waals surface area (Å²) in [5.41, 5.74) is 3.09. The van der Waals surface area contributed by atoms with Crippen LogP contribution in [0.5, 0.6) is 0 Å². The zero-order valence-corrected chi connectivity index (χ0v) is 13.0. The van der Waals surface area contributed by atoms with Gasteiger partial charge in [-0.2, -0.15) is 0 Å². The van der Waals surface area contributed by atoms with E-state index in [1.807, 2.05) is 25.2 Å². The molecular weight excluding hydrogens is 247 g/mol. The minimum Gasteiger partial charge on any atom is -0.207 e.